The fourth-order valence-corrected chi connectivity index (χ4v) is 4.24. The van der Waals surface area contributed by atoms with Crippen LogP contribution in [0.3, 0.4) is 0 Å². The summed E-state index contributed by atoms with van der Waals surface area (Å²) in [6.07, 6.45) is 5.48. The second-order valence-electron chi connectivity index (χ2n) is 9.90. The van der Waals surface area contributed by atoms with Crippen molar-refractivity contribution in [3.63, 3.8) is 0 Å². The van der Waals surface area contributed by atoms with E-state index in [-0.39, 0.29) is 42.2 Å². The van der Waals surface area contributed by atoms with Crippen LogP contribution in [0.4, 0.5) is 5.69 Å². The number of nitrogens with one attached hydrogen (secondary N) is 3. The van der Waals surface area contributed by atoms with E-state index in [2.05, 4.69) is 20.9 Å². The highest BCUT2D eigenvalue weighted by Gasteiger charge is 2.26. The molecule has 12 heteroatoms. The molecule has 0 fully saturated rings. The molecule has 3 N–H and O–H groups in total. The van der Waals surface area contributed by atoms with E-state index in [1.807, 2.05) is 13.8 Å². The Morgan fingerprint density at radius 3 is 2.33 bits per heavy atom. The van der Waals surface area contributed by atoms with Crippen molar-refractivity contribution < 1.29 is 24.0 Å². The Hall–Kier alpha value is -4.87. The largest absolute Gasteiger partial charge is 0.354 e. The van der Waals surface area contributed by atoms with Crippen LogP contribution >= 0.6 is 0 Å². The number of hydrogen-bond donors (Lipinski definition) is 3. The Kier molecular flexibility index (Phi) is 11.5. The number of anilines is 1. The van der Waals surface area contributed by atoms with Crippen LogP contribution in [0, 0.1) is 5.92 Å². The highest BCUT2D eigenvalue weighted by molar-refractivity contribution is 6.43. The molecule has 12 nitrogen and oxygen atoms in total. The molecule has 0 bridgehead atoms. The average molecular weight is 577 g/mol. The quantitative estimate of drug-likeness (QED) is 0.184. The Balaban J connectivity index is 1.74. The number of carbonyl (C=O) groups excluding carboxylic acids is 5. The standard InChI is InChI=1S/C30H36N6O6/c1-4-20(5-2)16-32-26(38)18-36-15-9-12-23(30(36)42)34-28(40)22(33-29(41)24-17-31-19-35(24)3)13-14-25(37)27(39)21-10-7-6-8-11-21/h6-12,15,17,19-20,22H,4-5,13-14,16,18H2,1-3H3,(H,32,38)(H,33,41)(H,34,40)/t22-/m0/s1. The summed E-state index contributed by atoms with van der Waals surface area (Å²) in [6.45, 7) is 4.35. The molecular formula is C30H36N6O6. The number of pyridine rings is 1. The molecule has 42 heavy (non-hydrogen) atoms. The van der Waals surface area contributed by atoms with Crippen molar-refractivity contribution in [1.82, 2.24) is 24.8 Å². The molecule has 0 aliphatic rings. The maximum Gasteiger partial charge on any atom is 0.274 e. The third kappa shape index (κ3) is 8.56. The third-order valence-electron chi connectivity index (χ3n) is 6.96. The lowest BCUT2D eigenvalue weighted by Crippen LogP contribution is -2.45. The molecule has 222 valence electrons. The molecule has 0 aliphatic heterocycles. The van der Waals surface area contributed by atoms with Crippen LogP contribution in [0.5, 0.6) is 0 Å². The van der Waals surface area contributed by atoms with Crippen molar-refractivity contribution in [2.45, 2.75) is 52.1 Å². The number of aromatic nitrogens is 3. The molecule has 1 atom stereocenters. The van der Waals surface area contributed by atoms with Crippen molar-refractivity contribution >= 4 is 35.0 Å². The van der Waals surface area contributed by atoms with E-state index >= 15 is 0 Å². The second kappa shape index (κ2) is 15.2. The van der Waals surface area contributed by atoms with Gasteiger partial charge in [-0.15, -0.1) is 0 Å². The van der Waals surface area contributed by atoms with Gasteiger partial charge in [0, 0.05) is 31.8 Å². The third-order valence-corrected chi connectivity index (χ3v) is 6.96. The van der Waals surface area contributed by atoms with Gasteiger partial charge in [0.05, 0.1) is 12.5 Å². The summed E-state index contributed by atoms with van der Waals surface area (Å²) < 4.78 is 2.63. The molecule has 0 saturated carbocycles. The Morgan fingerprint density at radius 2 is 1.69 bits per heavy atom. The molecule has 0 radical (unpaired) electrons. The number of rotatable bonds is 15. The minimum Gasteiger partial charge on any atom is -0.354 e. The molecule has 2 aromatic heterocycles. The van der Waals surface area contributed by atoms with E-state index in [1.54, 1.807) is 25.2 Å². The van der Waals surface area contributed by atoms with Crippen molar-refractivity contribution in [2.75, 3.05) is 11.9 Å². The number of nitrogens with zero attached hydrogens (tertiary/aromatic N) is 3. The summed E-state index contributed by atoms with van der Waals surface area (Å²) in [5.74, 6) is -2.83. The molecular weight excluding hydrogens is 540 g/mol. The SMILES string of the molecule is CCC(CC)CNC(=O)Cn1cccc(NC(=O)[C@H](CCC(=O)C(=O)c2ccccc2)NC(=O)c2cncn2C)c1=O. The molecule has 3 aromatic rings. The number of ketones is 2. The summed E-state index contributed by atoms with van der Waals surface area (Å²) in [6, 6.07) is 9.63. The number of benzene rings is 1. The van der Waals surface area contributed by atoms with Crippen LogP contribution < -0.4 is 21.5 Å². The number of hydrogen-bond acceptors (Lipinski definition) is 7. The van der Waals surface area contributed by atoms with E-state index < -0.39 is 35.0 Å². The van der Waals surface area contributed by atoms with Crippen LogP contribution in [0.25, 0.3) is 0 Å². The summed E-state index contributed by atoms with van der Waals surface area (Å²) in [5.41, 5.74) is -0.338. The van der Waals surface area contributed by atoms with Crippen LogP contribution in [0.2, 0.25) is 0 Å². The molecule has 3 amide bonds. The van der Waals surface area contributed by atoms with Gasteiger partial charge in [0.1, 0.15) is 24.0 Å². The molecule has 0 saturated heterocycles. The summed E-state index contributed by atoms with van der Waals surface area (Å²) in [5, 5.41) is 7.90. The first-order valence-electron chi connectivity index (χ1n) is 13.8. The zero-order valence-corrected chi connectivity index (χ0v) is 24.0. The van der Waals surface area contributed by atoms with E-state index in [4.69, 9.17) is 0 Å². The van der Waals surface area contributed by atoms with Crippen molar-refractivity contribution in [2.24, 2.45) is 13.0 Å². The monoisotopic (exact) mass is 576 g/mol. The molecule has 0 aliphatic carbocycles. The highest BCUT2D eigenvalue weighted by Crippen LogP contribution is 2.10. The first-order chi connectivity index (χ1) is 20.1. The van der Waals surface area contributed by atoms with Gasteiger partial charge < -0.3 is 25.1 Å². The van der Waals surface area contributed by atoms with Gasteiger partial charge in [-0.1, -0.05) is 57.0 Å². The number of imidazole rings is 1. The molecule has 2 heterocycles. The van der Waals surface area contributed by atoms with Crippen molar-refractivity contribution in [3.8, 4) is 0 Å². The van der Waals surface area contributed by atoms with E-state index in [1.165, 1.54) is 52.1 Å². The first-order valence-corrected chi connectivity index (χ1v) is 13.8. The van der Waals surface area contributed by atoms with Crippen molar-refractivity contribution in [1.29, 1.82) is 0 Å². The van der Waals surface area contributed by atoms with E-state index in [0.717, 1.165) is 12.8 Å². The lowest BCUT2D eigenvalue weighted by molar-refractivity contribution is -0.122. The minimum absolute atomic E-state index is 0.109. The van der Waals surface area contributed by atoms with Crippen LogP contribution in [0.15, 0.2) is 66.0 Å². The highest BCUT2D eigenvalue weighted by atomic mass is 16.2. The lowest BCUT2D eigenvalue weighted by atomic mass is 10.0. The maximum absolute atomic E-state index is 13.3. The number of amides is 3. The van der Waals surface area contributed by atoms with Gasteiger partial charge in [-0.3, -0.25) is 28.8 Å². The Morgan fingerprint density at radius 1 is 0.976 bits per heavy atom. The topological polar surface area (TPSA) is 161 Å². The number of carbonyl (C=O) groups is 5. The van der Waals surface area contributed by atoms with Gasteiger partial charge in [-0.05, 0) is 24.5 Å². The van der Waals surface area contributed by atoms with E-state index in [0.29, 0.717) is 12.5 Å². The Bertz CT molecular complexity index is 1470. The van der Waals surface area contributed by atoms with Gasteiger partial charge in [-0.2, -0.15) is 0 Å². The van der Waals surface area contributed by atoms with Gasteiger partial charge >= 0.3 is 0 Å². The summed E-state index contributed by atoms with van der Waals surface area (Å²) in [4.78, 5) is 80.7. The fraction of sp³-hybridized carbons (Fsp3) is 0.367. The maximum atomic E-state index is 13.3. The van der Waals surface area contributed by atoms with Gasteiger partial charge in [0.15, 0.2) is 0 Å². The summed E-state index contributed by atoms with van der Waals surface area (Å²) >= 11 is 0. The Labute approximate surface area is 243 Å². The van der Waals surface area contributed by atoms with Crippen LogP contribution in [-0.2, 0) is 28.0 Å². The smallest absolute Gasteiger partial charge is 0.274 e. The van der Waals surface area contributed by atoms with E-state index in [9.17, 15) is 28.8 Å². The minimum atomic E-state index is -1.27. The number of aryl methyl sites for hydroxylation is 1. The normalized spacial score (nSPS) is 11.5. The second-order valence-corrected chi connectivity index (χ2v) is 9.90. The average Bonchev–Trinajstić information content (AvgIpc) is 3.43. The van der Waals surface area contributed by atoms with Crippen LogP contribution in [0.1, 0.15) is 60.4 Å². The van der Waals surface area contributed by atoms with Crippen LogP contribution in [-0.4, -0.2) is 56.0 Å². The fourth-order valence-electron chi connectivity index (χ4n) is 4.24. The zero-order valence-electron chi connectivity index (χ0n) is 24.0. The summed E-state index contributed by atoms with van der Waals surface area (Å²) in [7, 11) is 1.60. The predicted octanol–water partition coefficient (Wildman–Crippen LogP) is 2.10. The van der Waals surface area contributed by atoms with Gasteiger partial charge in [0.25, 0.3) is 11.5 Å². The first kappa shape index (κ1) is 31.7. The predicted molar refractivity (Wildman–Crippen MR) is 156 cm³/mol. The van der Waals surface area contributed by atoms with Gasteiger partial charge in [-0.25, -0.2) is 4.98 Å². The van der Waals surface area contributed by atoms with Crippen molar-refractivity contribution in [3.05, 3.63) is 82.8 Å². The molecule has 3 rings (SSSR count). The molecule has 0 spiro atoms. The lowest BCUT2D eigenvalue weighted by Gasteiger charge is -2.18. The number of Topliss-reactive ketones (excluding diaryl/α,β-unsaturated/α-hetero) is 2. The molecule has 0 unspecified atom stereocenters. The van der Waals surface area contributed by atoms with Gasteiger partial charge in [0.2, 0.25) is 23.4 Å². The molecule has 1 aromatic carbocycles. The zero-order chi connectivity index (χ0) is 30.6.